The highest BCUT2D eigenvalue weighted by Gasteiger charge is 2.20. The van der Waals surface area contributed by atoms with Crippen molar-refractivity contribution >= 4 is 88.2 Å². The van der Waals surface area contributed by atoms with Crippen molar-refractivity contribution in [3.05, 3.63) is 86.7 Å². The van der Waals surface area contributed by atoms with Crippen LogP contribution in [-0.4, -0.2) is 77.2 Å². The third kappa shape index (κ3) is 13.9. The van der Waals surface area contributed by atoms with E-state index < -0.39 is 92.3 Å². The van der Waals surface area contributed by atoms with Crippen LogP contribution in [0.1, 0.15) is 31.1 Å². The van der Waals surface area contributed by atoms with Crippen molar-refractivity contribution in [2.45, 2.75) is 0 Å². The van der Waals surface area contributed by atoms with Crippen molar-refractivity contribution in [3.8, 4) is 0 Å². The van der Waals surface area contributed by atoms with E-state index in [2.05, 4.69) is 0 Å². The lowest BCUT2D eigenvalue weighted by atomic mass is 10.2. The molecule has 15 nitrogen and oxygen atoms in total. The molecule has 0 radical (unpaired) electrons. The number of aromatic carboxylic acids is 3. The van der Waals surface area contributed by atoms with E-state index in [0.29, 0.717) is 6.07 Å². The van der Waals surface area contributed by atoms with Crippen LogP contribution in [0.15, 0.2) is 42.5 Å². The standard InChI is InChI=1S/2C8H7ClFNO4S.C8H8FNO4S/c1-16(14,15)11-7-3-6(10)5(9)2-4(7)8(12)13;1-16(14,15)11-7-4(8(12)13)2-3-5(10)6(7)9;1-15(13,14)10-7-4-5(9)2-3-6(7)8(11)12/h2*2-3,11H,1H3,(H,12,13);2-4,10H,1H3,(H,11,12). The molecule has 0 aliphatic rings. The highest BCUT2D eigenvalue weighted by atomic mass is 35.5. The summed E-state index contributed by atoms with van der Waals surface area (Å²) in [7, 11) is -11.1. The molecular weight excluding hydrogens is 746 g/mol. The van der Waals surface area contributed by atoms with E-state index in [9.17, 15) is 52.8 Å². The molecule has 0 saturated carbocycles. The molecule has 0 heterocycles. The van der Waals surface area contributed by atoms with E-state index in [1.54, 1.807) is 0 Å². The number of nitrogens with one attached hydrogen (secondary N) is 3. The monoisotopic (exact) mass is 767 g/mol. The predicted molar refractivity (Wildman–Crippen MR) is 165 cm³/mol. The summed E-state index contributed by atoms with van der Waals surface area (Å²) in [6.45, 7) is 0. The number of hydrogen-bond acceptors (Lipinski definition) is 9. The fourth-order valence-electron chi connectivity index (χ4n) is 3.01. The third-order valence-electron chi connectivity index (χ3n) is 4.71. The van der Waals surface area contributed by atoms with Gasteiger partial charge in [0.25, 0.3) is 0 Å². The summed E-state index contributed by atoms with van der Waals surface area (Å²) in [6.07, 6.45) is 2.48. The summed E-state index contributed by atoms with van der Waals surface area (Å²) in [5.74, 6) is -6.68. The van der Waals surface area contributed by atoms with E-state index in [1.165, 1.54) is 0 Å². The first-order valence-corrected chi connectivity index (χ1v) is 18.0. The molecule has 0 atom stereocenters. The smallest absolute Gasteiger partial charge is 0.337 e. The topological polar surface area (TPSA) is 250 Å². The molecule has 258 valence electrons. The van der Waals surface area contributed by atoms with E-state index >= 15 is 0 Å². The van der Waals surface area contributed by atoms with Crippen molar-refractivity contribution in [2.24, 2.45) is 0 Å². The molecule has 6 N–H and O–H groups in total. The maximum absolute atomic E-state index is 13.0. The van der Waals surface area contributed by atoms with Crippen molar-refractivity contribution in [3.63, 3.8) is 0 Å². The van der Waals surface area contributed by atoms with Gasteiger partial charge in [-0.1, -0.05) is 23.2 Å². The molecule has 0 aliphatic heterocycles. The quantitative estimate of drug-likeness (QED) is 0.181. The lowest BCUT2D eigenvalue weighted by Crippen LogP contribution is -2.14. The van der Waals surface area contributed by atoms with Crippen molar-refractivity contribution < 1.29 is 68.1 Å². The minimum atomic E-state index is -3.74. The maximum Gasteiger partial charge on any atom is 0.337 e. The third-order valence-corrected chi connectivity index (χ3v) is 7.12. The Hall–Kier alpha value is -4.31. The van der Waals surface area contributed by atoms with Crippen LogP contribution >= 0.6 is 23.2 Å². The van der Waals surface area contributed by atoms with Crippen molar-refractivity contribution in [2.75, 3.05) is 32.9 Å². The second-order valence-corrected chi connectivity index (χ2v) is 14.9. The summed E-state index contributed by atoms with van der Waals surface area (Å²) < 4.78 is 110. The van der Waals surface area contributed by atoms with Gasteiger partial charge in [0.05, 0.1) is 57.5 Å². The van der Waals surface area contributed by atoms with Gasteiger partial charge in [-0.25, -0.2) is 52.8 Å². The normalized spacial score (nSPS) is 11.1. The van der Waals surface area contributed by atoms with Gasteiger partial charge >= 0.3 is 17.9 Å². The second-order valence-electron chi connectivity index (χ2n) is 8.82. The Morgan fingerprint density at radius 3 is 1.45 bits per heavy atom. The van der Waals surface area contributed by atoms with Gasteiger partial charge in [0, 0.05) is 6.07 Å². The highest BCUT2D eigenvalue weighted by Crippen LogP contribution is 2.30. The molecular formula is C24H22Cl2F3N3O12S3. The van der Waals surface area contributed by atoms with Crippen LogP contribution in [0.4, 0.5) is 30.2 Å². The molecule has 47 heavy (non-hydrogen) atoms. The maximum atomic E-state index is 13.0. The van der Waals surface area contributed by atoms with Crippen LogP contribution in [0.3, 0.4) is 0 Å². The molecule has 3 rings (SSSR count). The molecule has 3 aromatic rings. The number of rotatable bonds is 9. The Balaban J connectivity index is 0.000000353. The first kappa shape index (κ1) is 40.7. The molecule has 0 unspecified atom stereocenters. The van der Waals surface area contributed by atoms with Crippen LogP contribution in [0.2, 0.25) is 10.0 Å². The second kappa shape index (κ2) is 16.0. The fraction of sp³-hybridized carbons (Fsp3) is 0.125. The van der Waals surface area contributed by atoms with Crippen LogP contribution in [0.25, 0.3) is 0 Å². The Morgan fingerprint density at radius 2 is 1.02 bits per heavy atom. The number of anilines is 3. The zero-order chi connectivity index (χ0) is 36.7. The Morgan fingerprint density at radius 1 is 0.596 bits per heavy atom. The van der Waals surface area contributed by atoms with Gasteiger partial charge in [0.1, 0.15) is 22.5 Å². The van der Waals surface area contributed by atoms with Gasteiger partial charge in [-0.3, -0.25) is 14.2 Å². The minimum absolute atomic E-state index is 0.287. The summed E-state index contributed by atoms with van der Waals surface area (Å²) >= 11 is 10.9. The highest BCUT2D eigenvalue weighted by molar-refractivity contribution is 7.92. The molecule has 0 amide bonds. The first-order chi connectivity index (χ1) is 21.2. The Labute approximate surface area is 275 Å². The molecule has 0 spiro atoms. The van der Waals surface area contributed by atoms with E-state index in [-0.39, 0.29) is 16.9 Å². The number of carboxylic acids is 3. The molecule has 0 bridgehead atoms. The number of halogens is 5. The van der Waals surface area contributed by atoms with Crippen molar-refractivity contribution in [1.82, 2.24) is 0 Å². The molecule has 0 aliphatic carbocycles. The number of sulfonamides is 3. The molecule has 0 aromatic heterocycles. The molecule has 3 aromatic carbocycles. The number of benzene rings is 3. The molecule has 0 fully saturated rings. The summed E-state index contributed by atoms with van der Waals surface area (Å²) in [5, 5.41) is 25.2. The van der Waals surface area contributed by atoms with Crippen LogP contribution in [-0.2, 0) is 30.1 Å². The summed E-state index contributed by atoms with van der Waals surface area (Å²) in [6, 6.07) is 6.07. The van der Waals surface area contributed by atoms with E-state index in [4.69, 9.17) is 38.5 Å². The summed E-state index contributed by atoms with van der Waals surface area (Å²) in [4.78, 5) is 32.2. The van der Waals surface area contributed by atoms with Gasteiger partial charge in [-0.05, 0) is 36.4 Å². The lowest BCUT2D eigenvalue weighted by Gasteiger charge is -2.10. The largest absolute Gasteiger partial charge is 0.478 e. The molecule has 0 saturated heterocycles. The zero-order valence-corrected chi connectivity index (χ0v) is 27.6. The van der Waals surface area contributed by atoms with E-state index in [0.717, 1.165) is 55.2 Å². The predicted octanol–water partition coefficient (Wildman–Crippen LogP) is 3.99. The van der Waals surface area contributed by atoms with Crippen LogP contribution in [0, 0.1) is 17.5 Å². The average Bonchev–Trinajstić information content (AvgIpc) is 2.86. The van der Waals surface area contributed by atoms with Gasteiger partial charge in [-0.2, -0.15) is 0 Å². The molecule has 23 heteroatoms. The Kier molecular flexibility index (Phi) is 13.9. The van der Waals surface area contributed by atoms with E-state index in [1.807, 2.05) is 14.2 Å². The van der Waals surface area contributed by atoms with Gasteiger partial charge in [-0.15, -0.1) is 0 Å². The average molecular weight is 769 g/mol. The van der Waals surface area contributed by atoms with Gasteiger partial charge in [0.2, 0.25) is 30.1 Å². The fourth-order valence-corrected chi connectivity index (χ4v) is 5.16. The van der Waals surface area contributed by atoms with Crippen LogP contribution < -0.4 is 14.2 Å². The van der Waals surface area contributed by atoms with Gasteiger partial charge in [0.15, 0.2) is 0 Å². The van der Waals surface area contributed by atoms with Gasteiger partial charge < -0.3 is 15.3 Å². The van der Waals surface area contributed by atoms with Crippen molar-refractivity contribution in [1.29, 1.82) is 0 Å². The van der Waals surface area contributed by atoms with Crippen LogP contribution in [0.5, 0.6) is 0 Å². The minimum Gasteiger partial charge on any atom is -0.478 e. The number of hydrogen-bond donors (Lipinski definition) is 6. The SMILES string of the molecule is CS(=O)(=O)Nc1c(C(=O)O)ccc(F)c1Cl.CS(=O)(=O)Nc1cc(F)c(Cl)cc1C(=O)O.CS(=O)(=O)Nc1cc(F)ccc1C(=O)O. The number of carbonyl (C=O) groups is 3. The first-order valence-electron chi connectivity index (χ1n) is 11.6. The summed E-state index contributed by atoms with van der Waals surface area (Å²) in [5.41, 5.74) is -2.27. The zero-order valence-electron chi connectivity index (χ0n) is 23.7. The number of carboxylic acid groups (broad SMARTS) is 3. The lowest BCUT2D eigenvalue weighted by molar-refractivity contribution is 0.0687. The Bertz CT molecular complexity index is 2040.